The Morgan fingerprint density at radius 1 is 0.771 bits per heavy atom. The van der Waals surface area contributed by atoms with E-state index in [-0.39, 0.29) is 29.8 Å². The number of nitrogens with zero attached hydrogens (tertiary/aromatic N) is 3. The molecule has 3 fully saturated rings. The topological polar surface area (TPSA) is 150 Å². The van der Waals surface area contributed by atoms with Gasteiger partial charge in [0.25, 0.3) is 0 Å². The highest BCUT2D eigenvalue weighted by molar-refractivity contribution is 5.91. The zero-order chi connectivity index (χ0) is 33.2. The van der Waals surface area contributed by atoms with Gasteiger partial charge in [-0.05, 0) is 61.1 Å². The lowest BCUT2D eigenvalue weighted by atomic mass is 9.75. The van der Waals surface area contributed by atoms with Gasteiger partial charge in [-0.15, -0.1) is 0 Å². The van der Waals surface area contributed by atoms with Crippen LogP contribution in [0.2, 0.25) is 0 Å². The Labute approximate surface area is 280 Å². The molecular formula is C38H43N7O3. The first-order chi connectivity index (χ1) is 23.4. The number of hydrogen-bond acceptors (Lipinski definition) is 6. The van der Waals surface area contributed by atoms with Gasteiger partial charge in [0.1, 0.15) is 23.9 Å². The van der Waals surface area contributed by atoms with Gasteiger partial charge in [0.2, 0.25) is 17.7 Å². The molecule has 0 spiro atoms. The summed E-state index contributed by atoms with van der Waals surface area (Å²) >= 11 is 0. The molecule has 4 atom stereocenters. The van der Waals surface area contributed by atoms with Crippen molar-refractivity contribution in [1.29, 1.82) is 0 Å². The first kappa shape index (κ1) is 31.8. The lowest BCUT2D eigenvalue weighted by Crippen LogP contribution is -2.53. The predicted molar refractivity (Wildman–Crippen MR) is 183 cm³/mol. The Kier molecular flexibility index (Phi) is 9.10. The van der Waals surface area contributed by atoms with Gasteiger partial charge in [-0.25, -0.2) is 4.98 Å². The van der Waals surface area contributed by atoms with E-state index in [1.165, 1.54) is 5.56 Å². The summed E-state index contributed by atoms with van der Waals surface area (Å²) in [6, 6.07) is 25.3. The molecule has 1 aliphatic carbocycles. The highest BCUT2D eigenvalue weighted by Gasteiger charge is 2.39. The fourth-order valence-corrected chi connectivity index (χ4v) is 7.47. The van der Waals surface area contributed by atoms with E-state index in [1.807, 2.05) is 71.8 Å². The average Bonchev–Trinajstić information content (AvgIpc) is 3.90. The highest BCUT2D eigenvalue weighted by Crippen LogP contribution is 2.38. The second kappa shape index (κ2) is 13.7. The molecule has 4 aromatic rings. The molecule has 3 amide bonds. The molecule has 6 N–H and O–H groups in total. The highest BCUT2D eigenvalue weighted by atomic mass is 16.2. The monoisotopic (exact) mass is 645 g/mol. The normalized spacial score (nSPS) is 23.4. The van der Waals surface area contributed by atoms with E-state index in [4.69, 9.17) is 16.5 Å². The standard InChI is InChI=1S/C38H43N7O3/c39-33(26-9-3-1-4-10-26)37(47)44-19-7-13-31(44)35-41-23-30(43-35)25-17-15-24(16-18-25)28-21-29(22-28)42-36(46)32-14-8-20-45(32)38(48)34(40)27-11-5-2-6-12-27/h1-6,9-12,15-18,23,28-29,31-34H,7-8,13-14,19-22,39-40H2,(H,41,43)(H,42,46). The van der Waals surface area contributed by atoms with E-state index < -0.39 is 18.1 Å². The molecule has 10 nitrogen and oxygen atoms in total. The van der Waals surface area contributed by atoms with E-state index in [2.05, 4.69) is 34.6 Å². The quantitative estimate of drug-likeness (QED) is 0.211. The zero-order valence-corrected chi connectivity index (χ0v) is 27.0. The molecule has 10 heteroatoms. The van der Waals surface area contributed by atoms with Gasteiger partial charge in [0.15, 0.2) is 0 Å². The van der Waals surface area contributed by atoms with E-state index >= 15 is 0 Å². The SMILES string of the molecule is NC(C(=O)N1CCCC1C(=O)NC1CC(c2ccc(-c3c[nH]c(C4CCCN4C(=O)C(N)c4ccccc4)n3)cc2)C1)c1ccccc1. The molecule has 7 rings (SSSR count). The fraction of sp³-hybridized carbons (Fsp3) is 0.368. The number of imidazole rings is 1. The van der Waals surface area contributed by atoms with Crippen LogP contribution in [0.25, 0.3) is 11.3 Å². The molecule has 0 bridgehead atoms. The van der Waals surface area contributed by atoms with Crippen molar-refractivity contribution in [2.24, 2.45) is 11.5 Å². The van der Waals surface area contributed by atoms with Gasteiger partial charge in [-0.1, -0.05) is 84.9 Å². The molecule has 1 saturated carbocycles. The molecule has 2 saturated heterocycles. The van der Waals surface area contributed by atoms with Crippen LogP contribution < -0.4 is 16.8 Å². The number of nitrogens with one attached hydrogen (secondary N) is 2. The Hall–Kier alpha value is -4.80. The minimum atomic E-state index is -0.769. The third-order valence-electron chi connectivity index (χ3n) is 10.3. The molecule has 3 aromatic carbocycles. The van der Waals surface area contributed by atoms with Crippen LogP contribution in [-0.4, -0.2) is 62.7 Å². The van der Waals surface area contributed by atoms with Crippen LogP contribution in [0.5, 0.6) is 0 Å². The molecule has 1 aromatic heterocycles. The number of H-pyrrole nitrogens is 1. The second-order valence-electron chi connectivity index (χ2n) is 13.3. The van der Waals surface area contributed by atoms with Crippen LogP contribution in [0.1, 0.15) is 85.1 Å². The molecule has 3 heterocycles. The number of aromatic nitrogens is 2. The predicted octanol–water partition coefficient (Wildman–Crippen LogP) is 4.49. The number of carbonyl (C=O) groups excluding carboxylic acids is 3. The van der Waals surface area contributed by atoms with Gasteiger partial charge >= 0.3 is 0 Å². The van der Waals surface area contributed by atoms with Crippen molar-refractivity contribution in [3.05, 3.63) is 114 Å². The fourth-order valence-electron chi connectivity index (χ4n) is 7.47. The summed E-state index contributed by atoms with van der Waals surface area (Å²) in [5.41, 5.74) is 17.3. The minimum Gasteiger partial charge on any atom is -0.352 e. The number of hydrogen-bond donors (Lipinski definition) is 4. The number of rotatable bonds is 9. The van der Waals surface area contributed by atoms with Crippen LogP contribution in [0.4, 0.5) is 0 Å². The molecule has 0 radical (unpaired) electrons. The van der Waals surface area contributed by atoms with Gasteiger partial charge in [-0.3, -0.25) is 14.4 Å². The van der Waals surface area contributed by atoms with Crippen LogP contribution in [-0.2, 0) is 14.4 Å². The largest absolute Gasteiger partial charge is 0.352 e. The van der Waals surface area contributed by atoms with E-state index in [9.17, 15) is 14.4 Å². The molecule has 48 heavy (non-hydrogen) atoms. The van der Waals surface area contributed by atoms with Crippen LogP contribution >= 0.6 is 0 Å². The second-order valence-corrected chi connectivity index (χ2v) is 13.3. The number of nitrogens with two attached hydrogens (primary N) is 2. The smallest absolute Gasteiger partial charge is 0.244 e. The minimum absolute atomic E-state index is 0.0812. The van der Waals surface area contributed by atoms with Gasteiger partial charge in [0, 0.05) is 30.9 Å². The number of likely N-dealkylation sites (tertiary alicyclic amines) is 2. The number of benzene rings is 3. The maximum absolute atomic E-state index is 13.3. The van der Waals surface area contributed by atoms with E-state index in [1.54, 1.807) is 4.90 Å². The van der Waals surface area contributed by atoms with Crippen molar-refractivity contribution >= 4 is 17.7 Å². The Morgan fingerprint density at radius 3 is 2.00 bits per heavy atom. The summed E-state index contributed by atoms with van der Waals surface area (Å²) in [5.74, 6) is 0.776. The average molecular weight is 646 g/mol. The number of amides is 3. The van der Waals surface area contributed by atoms with Crippen molar-refractivity contribution in [3.8, 4) is 11.3 Å². The van der Waals surface area contributed by atoms with Crippen LogP contribution in [0.3, 0.4) is 0 Å². The van der Waals surface area contributed by atoms with Crippen LogP contribution in [0.15, 0.2) is 91.1 Å². The van der Waals surface area contributed by atoms with Crippen LogP contribution in [0, 0.1) is 0 Å². The zero-order valence-electron chi connectivity index (χ0n) is 27.0. The van der Waals surface area contributed by atoms with E-state index in [0.29, 0.717) is 25.4 Å². The van der Waals surface area contributed by atoms with Crippen molar-refractivity contribution in [1.82, 2.24) is 25.1 Å². The Balaban J connectivity index is 0.921. The van der Waals surface area contributed by atoms with Gasteiger partial charge < -0.3 is 31.6 Å². The summed E-state index contributed by atoms with van der Waals surface area (Å²) in [5, 5.41) is 3.19. The molecule has 2 aliphatic heterocycles. The van der Waals surface area contributed by atoms with E-state index in [0.717, 1.165) is 60.3 Å². The number of carbonyl (C=O) groups is 3. The summed E-state index contributed by atoms with van der Waals surface area (Å²) in [4.78, 5) is 51.5. The molecule has 4 unspecified atom stereocenters. The summed E-state index contributed by atoms with van der Waals surface area (Å²) < 4.78 is 0. The van der Waals surface area contributed by atoms with Gasteiger partial charge in [0.05, 0.1) is 11.7 Å². The Morgan fingerprint density at radius 2 is 1.35 bits per heavy atom. The lowest BCUT2D eigenvalue weighted by Gasteiger charge is -2.37. The summed E-state index contributed by atoms with van der Waals surface area (Å²) in [6.45, 7) is 1.21. The maximum Gasteiger partial charge on any atom is 0.244 e. The first-order valence-corrected chi connectivity index (χ1v) is 17.1. The summed E-state index contributed by atoms with van der Waals surface area (Å²) in [6.07, 6.45) is 6.82. The van der Waals surface area contributed by atoms with Crippen molar-refractivity contribution < 1.29 is 14.4 Å². The van der Waals surface area contributed by atoms with Crippen molar-refractivity contribution in [3.63, 3.8) is 0 Å². The summed E-state index contributed by atoms with van der Waals surface area (Å²) in [7, 11) is 0. The lowest BCUT2D eigenvalue weighted by molar-refractivity contribution is -0.140. The Bertz CT molecular complexity index is 1740. The maximum atomic E-state index is 13.3. The van der Waals surface area contributed by atoms with Crippen molar-refractivity contribution in [2.45, 2.75) is 74.7 Å². The third kappa shape index (κ3) is 6.37. The van der Waals surface area contributed by atoms with Gasteiger partial charge in [-0.2, -0.15) is 0 Å². The molecule has 3 aliphatic rings. The first-order valence-electron chi connectivity index (χ1n) is 17.1. The molecule has 248 valence electrons. The third-order valence-corrected chi connectivity index (χ3v) is 10.3. The van der Waals surface area contributed by atoms with Crippen molar-refractivity contribution in [2.75, 3.05) is 13.1 Å². The molecular weight excluding hydrogens is 602 g/mol. The number of aromatic amines is 1.